The van der Waals surface area contributed by atoms with Gasteiger partial charge in [0.05, 0.1) is 18.2 Å². The monoisotopic (exact) mass is 334 g/mol. The maximum Gasteiger partial charge on any atom is 0.433 e. The zero-order valence-corrected chi connectivity index (χ0v) is 12.1. The highest BCUT2D eigenvalue weighted by molar-refractivity contribution is 5.76. The predicted molar refractivity (Wildman–Crippen MR) is 75.7 cm³/mol. The van der Waals surface area contributed by atoms with Crippen molar-refractivity contribution < 1.29 is 13.2 Å². The van der Waals surface area contributed by atoms with Crippen molar-refractivity contribution >= 4 is 5.78 Å². The van der Waals surface area contributed by atoms with Gasteiger partial charge in [0.25, 0.3) is 0 Å². The number of imidazole rings is 2. The molecule has 0 atom stereocenters. The van der Waals surface area contributed by atoms with E-state index in [0.717, 1.165) is 6.07 Å². The molecule has 4 aromatic rings. The third kappa shape index (κ3) is 2.21. The van der Waals surface area contributed by atoms with Crippen LogP contribution in [0.15, 0.2) is 24.8 Å². The molecule has 11 heteroatoms. The zero-order valence-electron chi connectivity index (χ0n) is 12.1. The molecule has 0 radical (unpaired) electrons. The minimum absolute atomic E-state index is 0.105. The number of aryl methyl sites for hydroxylation is 1. The number of hydrogen-bond acceptors (Lipinski definition) is 5. The van der Waals surface area contributed by atoms with Crippen LogP contribution in [0.3, 0.4) is 0 Å². The second-order valence-electron chi connectivity index (χ2n) is 5.00. The summed E-state index contributed by atoms with van der Waals surface area (Å²) in [5.41, 5.74) is 0.313. The summed E-state index contributed by atoms with van der Waals surface area (Å²) in [5, 5.41) is 6.71. The minimum Gasteiger partial charge on any atom is -0.343 e. The first-order chi connectivity index (χ1) is 11.4. The van der Waals surface area contributed by atoms with E-state index in [0.29, 0.717) is 22.9 Å². The lowest BCUT2D eigenvalue weighted by atomic mass is 10.2. The summed E-state index contributed by atoms with van der Waals surface area (Å²) in [6.45, 7) is 1.71. The Morgan fingerprint density at radius 3 is 2.62 bits per heavy atom. The molecule has 0 unspecified atom stereocenters. The van der Waals surface area contributed by atoms with Gasteiger partial charge in [-0.3, -0.25) is 9.50 Å². The number of alkyl halides is 3. The molecule has 24 heavy (non-hydrogen) atoms. The Hall–Kier alpha value is -3.24. The van der Waals surface area contributed by atoms with Gasteiger partial charge in [0.1, 0.15) is 22.9 Å². The van der Waals surface area contributed by atoms with E-state index >= 15 is 0 Å². The van der Waals surface area contributed by atoms with Gasteiger partial charge in [-0.05, 0) is 13.0 Å². The summed E-state index contributed by atoms with van der Waals surface area (Å²) < 4.78 is 40.1. The number of aromatic amines is 2. The van der Waals surface area contributed by atoms with Crippen LogP contribution < -0.4 is 0 Å². The molecule has 122 valence electrons. The SMILES string of the molecule is Cc1nc(-c2nc3nc(C(F)(F)F)ccn3c2-c2cnc[nH]2)n[nH]1. The molecule has 0 bridgehead atoms. The van der Waals surface area contributed by atoms with Crippen molar-refractivity contribution in [3.8, 4) is 22.9 Å². The van der Waals surface area contributed by atoms with Crippen molar-refractivity contribution in [1.29, 1.82) is 0 Å². The van der Waals surface area contributed by atoms with Crippen LogP contribution in [0, 0.1) is 6.92 Å². The fourth-order valence-electron chi connectivity index (χ4n) is 2.34. The van der Waals surface area contributed by atoms with Crippen molar-refractivity contribution in [2.45, 2.75) is 13.1 Å². The zero-order chi connectivity index (χ0) is 16.9. The number of hydrogen-bond donors (Lipinski definition) is 2. The van der Waals surface area contributed by atoms with Crippen LogP contribution in [0.1, 0.15) is 11.5 Å². The van der Waals surface area contributed by atoms with Gasteiger partial charge >= 0.3 is 6.18 Å². The molecule has 0 saturated heterocycles. The third-order valence-corrected chi connectivity index (χ3v) is 3.35. The highest BCUT2D eigenvalue weighted by atomic mass is 19.4. The smallest absolute Gasteiger partial charge is 0.343 e. The standard InChI is InChI=1S/C13H9F3N8/c1-6-19-11(23-22-6)9-10(7-4-17-5-18-7)24-3-2-8(13(14,15)16)20-12(24)21-9/h2-5H,1H3,(H,17,18)(H,19,22,23). The molecule has 0 saturated carbocycles. The van der Waals surface area contributed by atoms with Crippen LogP contribution in [0.2, 0.25) is 0 Å². The summed E-state index contributed by atoms with van der Waals surface area (Å²) in [6.07, 6.45) is -0.302. The van der Waals surface area contributed by atoms with Crippen LogP contribution in [0.4, 0.5) is 13.2 Å². The summed E-state index contributed by atoms with van der Waals surface area (Å²) in [4.78, 5) is 18.8. The molecule has 2 N–H and O–H groups in total. The number of rotatable bonds is 2. The molecule has 4 rings (SSSR count). The summed E-state index contributed by atoms with van der Waals surface area (Å²) in [5.74, 6) is 0.713. The lowest BCUT2D eigenvalue weighted by molar-refractivity contribution is -0.141. The maximum atomic E-state index is 12.9. The number of fused-ring (bicyclic) bond motifs is 1. The van der Waals surface area contributed by atoms with Crippen molar-refractivity contribution in [2.24, 2.45) is 0 Å². The van der Waals surface area contributed by atoms with Gasteiger partial charge in [-0.2, -0.15) is 18.3 Å². The molecule has 0 spiro atoms. The fraction of sp³-hybridized carbons (Fsp3) is 0.154. The highest BCUT2D eigenvalue weighted by Crippen LogP contribution is 2.32. The molecule has 8 nitrogen and oxygen atoms in total. The molecule has 0 amide bonds. The molecular weight excluding hydrogens is 325 g/mol. The predicted octanol–water partition coefficient (Wildman–Crippen LogP) is 2.23. The van der Waals surface area contributed by atoms with Crippen molar-refractivity contribution in [2.75, 3.05) is 0 Å². The van der Waals surface area contributed by atoms with Crippen LogP contribution in [0.5, 0.6) is 0 Å². The number of halogens is 3. The molecule has 4 heterocycles. The number of nitrogens with one attached hydrogen (secondary N) is 2. The summed E-state index contributed by atoms with van der Waals surface area (Å²) >= 11 is 0. The van der Waals surface area contributed by atoms with E-state index < -0.39 is 11.9 Å². The van der Waals surface area contributed by atoms with Crippen LogP contribution in [-0.4, -0.2) is 39.5 Å². The average molecular weight is 334 g/mol. The van der Waals surface area contributed by atoms with Gasteiger partial charge in [0.2, 0.25) is 11.6 Å². The molecule has 0 aromatic carbocycles. The lowest BCUT2D eigenvalue weighted by Crippen LogP contribution is -2.09. The van der Waals surface area contributed by atoms with Gasteiger partial charge in [0, 0.05) is 6.20 Å². The first-order valence-corrected chi connectivity index (χ1v) is 6.78. The van der Waals surface area contributed by atoms with E-state index in [2.05, 4.69) is 35.1 Å². The maximum absolute atomic E-state index is 12.9. The van der Waals surface area contributed by atoms with Crippen LogP contribution in [-0.2, 0) is 6.18 Å². The minimum atomic E-state index is -4.55. The van der Waals surface area contributed by atoms with E-state index in [1.165, 1.54) is 23.1 Å². The Balaban J connectivity index is 2.01. The van der Waals surface area contributed by atoms with E-state index in [1.807, 2.05) is 0 Å². The lowest BCUT2D eigenvalue weighted by Gasteiger charge is -2.05. The molecule has 0 aliphatic rings. The van der Waals surface area contributed by atoms with E-state index in [1.54, 1.807) is 6.92 Å². The molecule has 0 aliphatic carbocycles. The van der Waals surface area contributed by atoms with Gasteiger partial charge in [-0.15, -0.1) is 0 Å². The van der Waals surface area contributed by atoms with Crippen LogP contribution in [0.25, 0.3) is 28.7 Å². The Morgan fingerprint density at radius 1 is 1.17 bits per heavy atom. The van der Waals surface area contributed by atoms with E-state index in [-0.39, 0.29) is 11.6 Å². The number of aromatic nitrogens is 8. The Kier molecular flexibility index (Phi) is 2.92. The molecular formula is C13H9F3N8. The number of H-pyrrole nitrogens is 2. The van der Waals surface area contributed by atoms with Gasteiger partial charge < -0.3 is 4.98 Å². The Bertz CT molecular complexity index is 1010. The second kappa shape index (κ2) is 4.88. The fourth-order valence-corrected chi connectivity index (χ4v) is 2.34. The number of nitrogens with zero attached hydrogens (tertiary/aromatic N) is 6. The molecule has 4 aromatic heterocycles. The van der Waals surface area contributed by atoms with Gasteiger partial charge in [0.15, 0.2) is 0 Å². The highest BCUT2D eigenvalue weighted by Gasteiger charge is 2.33. The summed E-state index contributed by atoms with van der Waals surface area (Å²) in [6, 6.07) is 0.890. The van der Waals surface area contributed by atoms with Crippen molar-refractivity contribution in [1.82, 2.24) is 39.5 Å². The van der Waals surface area contributed by atoms with E-state index in [9.17, 15) is 13.2 Å². The third-order valence-electron chi connectivity index (χ3n) is 3.35. The normalized spacial score (nSPS) is 12.2. The van der Waals surface area contributed by atoms with Crippen LogP contribution >= 0.6 is 0 Å². The topological polar surface area (TPSA) is 100 Å². The summed E-state index contributed by atoms with van der Waals surface area (Å²) in [7, 11) is 0. The quantitative estimate of drug-likeness (QED) is 0.585. The van der Waals surface area contributed by atoms with Crippen molar-refractivity contribution in [3.05, 3.63) is 36.3 Å². The molecule has 0 fully saturated rings. The second-order valence-corrected chi connectivity index (χ2v) is 5.00. The van der Waals surface area contributed by atoms with Crippen molar-refractivity contribution in [3.63, 3.8) is 0 Å². The van der Waals surface area contributed by atoms with E-state index in [4.69, 9.17) is 0 Å². The average Bonchev–Trinajstić information content (AvgIpc) is 3.23. The Labute approximate surface area is 131 Å². The first kappa shape index (κ1) is 14.4. The molecule has 0 aliphatic heterocycles. The Morgan fingerprint density at radius 2 is 2.00 bits per heavy atom. The van der Waals surface area contributed by atoms with Gasteiger partial charge in [-0.1, -0.05) is 0 Å². The first-order valence-electron chi connectivity index (χ1n) is 6.78. The van der Waals surface area contributed by atoms with Gasteiger partial charge in [-0.25, -0.2) is 19.9 Å². The largest absolute Gasteiger partial charge is 0.433 e.